The summed E-state index contributed by atoms with van der Waals surface area (Å²) in [5, 5.41) is 3.48. The van der Waals surface area contributed by atoms with Crippen molar-refractivity contribution in [3.8, 4) is 22.8 Å². The fraction of sp³-hybridized carbons (Fsp3) is 0.286. The first-order valence-electron chi connectivity index (χ1n) is 8.91. The minimum Gasteiger partial charge on any atom is -0.497 e. The zero-order valence-corrected chi connectivity index (χ0v) is 15.6. The van der Waals surface area contributed by atoms with Crippen LogP contribution in [0.3, 0.4) is 0 Å². The normalized spacial score (nSPS) is 17.5. The molecule has 0 bridgehead atoms. The first-order valence-corrected chi connectivity index (χ1v) is 8.91. The number of aromatic nitrogens is 3. The molecule has 0 spiro atoms. The van der Waals surface area contributed by atoms with Gasteiger partial charge in [-0.2, -0.15) is 0 Å². The molecule has 4 rings (SSSR count). The molecular formula is C21H22N4O2. The Labute approximate surface area is 158 Å². The molecule has 0 radical (unpaired) electrons. The van der Waals surface area contributed by atoms with E-state index in [1.807, 2.05) is 36.4 Å². The number of pyridine rings is 1. The summed E-state index contributed by atoms with van der Waals surface area (Å²) >= 11 is 0. The topological polar surface area (TPSA) is 69.2 Å². The average molecular weight is 362 g/mol. The fourth-order valence-corrected chi connectivity index (χ4v) is 3.35. The number of hydrogen-bond acceptors (Lipinski definition) is 6. The van der Waals surface area contributed by atoms with Gasteiger partial charge in [0, 0.05) is 36.1 Å². The lowest BCUT2D eigenvalue weighted by Gasteiger charge is -2.38. The highest BCUT2D eigenvalue weighted by molar-refractivity contribution is 5.59. The smallest absolute Gasteiger partial charge is 0.223 e. The van der Waals surface area contributed by atoms with E-state index in [9.17, 15) is 0 Å². The predicted octanol–water partition coefficient (Wildman–Crippen LogP) is 4.26. The summed E-state index contributed by atoms with van der Waals surface area (Å²) in [7, 11) is 1.66. The van der Waals surface area contributed by atoms with E-state index in [4.69, 9.17) is 9.47 Å². The van der Waals surface area contributed by atoms with E-state index in [1.54, 1.807) is 25.7 Å². The number of nitrogens with zero attached hydrogens (tertiary/aromatic N) is 3. The molecule has 1 atom stereocenters. The van der Waals surface area contributed by atoms with Crippen molar-refractivity contribution < 1.29 is 9.47 Å². The maximum Gasteiger partial charge on any atom is 0.223 e. The Kier molecular flexibility index (Phi) is 4.39. The quantitative estimate of drug-likeness (QED) is 0.748. The van der Waals surface area contributed by atoms with Gasteiger partial charge in [-0.3, -0.25) is 4.98 Å². The molecule has 6 nitrogen and oxygen atoms in total. The highest BCUT2D eigenvalue weighted by Crippen LogP contribution is 2.42. The van der Waals surface area contributed by atoms with Crippen molar-refractivity contribution >= 4 is 5.95 Å². The van der Waals surface area contributed by atoms with Gasteiger partial charge in [0.2, 0.25) is 5.95 Å². The van der Waals surface area contributed by atoms with Crippen LogP contribution in [0.5, 0.6) is 11.5 Å². The highest BCUT2D eigenvalue weighted by Gasteiger charge is 2.34. The third-order valence-electron chi connectivity index (χ3n) is 4.59. The molecule has 0 amide bonds. The molecule has 0 fully saturated rings. The van der Waals surface area contributed by atoms with Crippen molar-refractivity contribution in [1.29, 1.82) is 0 Å². The third kappa shape index (κ3) is 3.69. The first kappa shape index (κ1) is 17.3. The second-order valence-corrected chi connectivity index (χ2v) is 7.17. The summed E-state index contributed by atoms with van der Waals surface area (Å²) in [5.41, 5.74) is 2.54. The summed E-state index contributed by atoms with van der Waals surface area (Å²) in [6.07, 6.45) is 6.09. The number of benzene rings is 1. The Bertz CT molecular complexity index is 944. The fourth-order valence-electron chi connectivity index (χ4n) is 3.35. The number of fused-ring (bicyclic) bond motifs is 1. The van der Waals surface area contributed by atoms with Gasteiger partial charge in [-0.25, -0.2) is 9.97 Å². The lowest BCUT2D eigenvalue weighted by molar-refractivity contribution is 0.0756. The summed E-state index contributed by atoms with van der Waals surface area (Å²) in [6.45, 7) is 4.17. The molecule has 0 saturated heterocycles. The number of hydrogen-bond donors (Lipinski definition) is 1. The van der Waals surface area contributed by atoms with Crippen LogP contribution in [0.1, 0.15) is 31.9 Å². The van der Waals surface area contributed by atoms with Crippen molar-refractivity contribution in [2.24, 2.45) is 0 Å². The van der Waals surface area contributed by atoms with Gasteiger partial charge in [-0.1, -0.05) is 0 Å². The van der Waals surface area contributed by atoms with Crippen LogP contribution in [0.25, 0.3) is 11.3 Å². The Balaban J connectivity index is 1.66. The molecule has 0 saturated carbocycles. The Hall–Kier alpha value is -3.15. The zero-order valence-electron chi connectivity index (χ0n) is 15.6. The van der Waals surface area contributed by atoms with Gasteiger partial charge in [0.05, 0.1) is 18.8 Å². The van der Waals surface area contributed by atoms with E-state index in [1.165, 1.54) is 0 Å². The second kappa shape index (κ2) is 6.87. The molecule has 3 heterocycles. The molecule has 1 N–H and O–H groups in total. The lowest BCUT2D eigenvalue weighted by atomic mass is 9.89. The zero-order chi connectivity index (χ0) is 18.9. The maximum absolute atomic E-state index is 6.14. The van der Waals surface area contributed by atoms with E-state index >= 15 is 0 Å². The molecule has 138 valence electrons. The van der Waals surface area contributed by atoms with Gasteiger partial charge in [0.25, 0.3) is 0 Å². The van der Waals surface area contributed by atoms with E-state index in [0.29, 0.717) is 5.95 Å². The van der Waals surface area contributed by atoms with Gasteiger partial charge in [0.15, 0.2) is 0 Å². The summed E-state index contributed by atoms with van der Waals surface area (Å²) in [5.74, 6) is 2.23. The van der Waals surface area contributed by atoms with Crippen molar-refractivity contribution in [2.45, 2.75) is 31.9 Å². The van der Waals surface area contributed by atoms with Crippen molar-refractivity contribution in [1.82, 2.24) is 15.0 Å². The van der Waals surface area contributed by atoms with E-state index in [-0.39, 0.29) is 11.6 Å². The molecule has 0 aliphatic carbocycles. The van der Waals surface area contributed by atoms with Crippen molar-refractivity contribution in [2.75, 3.05) is 12.4 Å². The largest absolute Gasteiger partial charge is 0.497 e. The second-order valence-electron chi connectivity index (χ2n) is 7.17. The molecule has 6 heteroatoms. The van der Waals surface area contributed by atoms with Gasteiger partial charge < -0.3 is 14.8 Å². The number of methoxy groups -OCH3 is 1. The van der Waals surface area contributed by atoms with Crippen molar-refractivity contribution in [3.05, 3.63) is 60.6 Å². The molecule has 2 aromatic heterocycles. The van der Waals surface area contributed by atoms with Crippen LogP contribution in [0.4, 0.5) is 5.95 Å². The predicted molar refractivity (Wildman–Crippen MR) is 104 cm³/mol. The van der Waals surface area contributed by atoms with E-state index in [0.717, 1.165) is 34.7 Å². The summed E-state index contributed by atoms with van der Waals surface area (Å²) in [4.78, 5) is 13.2. The molecule has 1 aliphatic heterocycles. The standard InChI is InChI=1S/C21H22N4O2/c1-21(2)12-18(16-11-15(26-3)6-7-19(16)27-21)25-20-23-10-8-17(24-20)14-5-4-9-22-13-14/h4-11,13,18H,12H2,1-3H3,(H,23,24,25)/t18-/m0/s1. The van der Waals surface area contributed by atoms with Crippen LogP contribution >= 0.6 is 0 Å². The number of nitrogens with one attached hydrogen (secondary N) is 1. The Morgan fingerprint density at radius 1 is 1.19 bits per heavy atom. The minimum atomic E-state index is -0.291. The van der Waals surface area contributed by atoms with Crippen LogP contribution < -0.4 is 14.8 Å². The van der Waals surface area contributed by atoms with Crippen LogP contribution in [-0.2, 0) is 0 Å². The molecule has 27 heavy (non-hydrogen) atoms. The maximum atomic E-state index is 6.14. The van der Waals surface area contributed by atoms with E-state index in [2.05, 4.69) is 34.1 Å². The van der Waals surface area contributed by atoms with Gasteiger partial charge in [-0.05, 0) is 50.2 Å². The summed E-state index contributed by atoms with van der Waals surface area (Å²) in [6, 6.07) is 11.7. The van der Waals surface area contributed by atoms with Gasteiger partial charge in [0.1, 0.15) is 17.1 Å². The highest BCUT2D eigenvalue weighted by atomic mass is 16.5. The summed E-state index contributed by atoms with van der Waals surface area (Å²) < 4.78 is 11.5. The number of rotatable bonds is 4. The lowest BCUT2D eigenvalue weighted by Crippen LogP contribution is -2.37. The van der Waals surface area contributed by atoms with Crippen molar-refractivity contribution in [3.63, 3.8) is 0 Å². The minimum absolute atomic E-state index is 0.0167. The monoisotopic (exact) mass is 362 g/mol. The van der Waals surface area contributed by atoms with Crippen LogP contribution in [0, 0.1) is 0 Å². The molecular weight excluding hydrogens is 340 g/mol. The molecule has 0 unspecified atom stereocenters. The third-order valence-corrected chi connectivity index (χ3v) is 4.59. The Morgan fingerprint density at radius 2 is 2.07 bits per heavy atom. The van der Waals surface area contributed by atoms with E-state index < -0.39 is 0 Å². The molecule has 1 aliphatic rings. The number of anilines is 1. The molecule has 3 aromatic rings. The van der Waals surface area contributed by atoms with Crippen LogP contribution in [-0.4, -0.2) is 27.7 Å². The van der Waals surface area contributed by atoms with Gasteiger partial charge >= 0.3 is 0 Å². The van der Waals surface area contributed by atoms with Crippen LogP contribution in [0.2, 0.25) is 0 Å². The first-order chi connectivity index (χ1) is 13.0. The number of ether oxygens (including phenoxy) is 2. The van der Waals surface area contributed by atoms with Gasteiger partial charge in [-0.15, -0.1) is 0 Å². The van der Waals surface area contributed by atoms with Crippen LogP contribution in [0.15, 0.2) is 55.0 Å². The SMILES string of the molecule is COc1ccc2c(c1)[C@@H](Nc1nccc(-c3cccnc3)n1)CC(C)(C)O2. The Morgan fingerprint density at radius 3 is 2.85 bits per heavy atom. The average Bonchev–Trinajstić information content (AvgIpc) is 2.68. The molecule has 1 aromatic carbocycles.